The predicted molar refractivity (Wildman–Crippen MR) is 97.4 cm³/mol. The number of aryl methyl sites for hydroxylation is 1. The highest BCUT2D eigenvalue weighted by atomic mass is 15.1. The second kappa shape index (κ2) is 6.59. The van der Waals surface area contributed by atoms with E-state index < -0.39 is 0 Å². The Balaban J connectivity index is 1.32. The van der Waals surface area contributed by atoms with Crippen molar-refractivity contribution >= 4 is 0 Å². The second-order valence-corrected chi connectivity index (χ2v) is 8.81. The van der Waals surface area contributed by atoms with E-state index in [1.165, 1.54) is 56.3 Å². The summed E-state index contributed by atoms with van der Waals surface area (Å²) in [5.74, 6) is 2.18. The molecule has 1 heterocycles. The molecule has 1 saturated heterocycles. The van der Waals surface area contributed by atoms with Gasteiger partial charge in [0.1, 0.15) is 0 Å². The molecule has 0 amide bonds. The van der Waals surface area contributed by atoms with Gasteiger partial charge in [0.25, 0.3) is 0 Å². The molecule has 0 bridgehead atoms. The number of piperidine rings is 1. The van der Waals surface area contributed by atoms with Gasteiger partial charge in [-0.05, 0) is 74.9 Å². The third-order valence-corrected chi connectivity index (χ3v) is 7.25. The number of rotatable bonds is 2. The van der Waals surface area contributed by atoms with Crippen LogP contribution >= 0.6 is 0 Å². The van der Waals surface area contributed by atoms with Gasteiger partial charge in [-0.3, -0.25) is 4.90 Å². The van der Waals surface area contributed by atoms with Crippen LogP contribution in [0.1, 0.15) is 68.9 Å². The Hall–Kier alpha value is -0.820. The van der Waals surface area contributed by atoms with Gasteiger partial charge in [0.15, 0.2) is 0 Å². The highest BCUT2D eigenvalue weighted by Gasteiger charge is 2.42. The summed E-state index contributed by atoms with van der Waals surface area (Å²) in [7, 11) is 0. The highest BCUT2D eigenvalue weighted by Crippen LogP contribution is 2.52. The fourth-order valence-electron chi connectivity index (χ4n) is 5.67. The van der Waals surface area contributed by atoms with Crippen LogP contribution in [0.3, 0.4) is 0 Å². The maximum atomic E-state index is 2.70. The van der Waals surface area contributed by atoms with E-state index in [2.05, 4.69) is 36.1 Å². The molecule has 3 fully saturated rings. The van der Waals surface area contributed by atoms with Gasteiger partial charge in [-0.2, -0.15) is 0 Å². The minimum absolute atomic E-state index is 0.724. The van der Waals surface area contributed by atoms with Crippen LogP contribution in [0.2, 0.25) is 0 Å². The van der Waals surface area contributed by atoms with Crippen LogP contribution in [-0.2, 0) is 6.54 Å². The summed E-state index contributed by atoms with van der Waals surface area (Å²) in [6.45, 7) is 5.98. The molecule has 3 aliphatic rings. The molecule has 126 valence electrons. The lowest BCUT2D eigenvalue weighted by Crippen LogP contribution is -2.44. The van der Waals surface area contributed by atoms with Crippen molar-refractivity contribution in [2.45, 2.75) is 71.3 Å². The zero-order valence-corrected chi connectivity index (χ0v) is 14.9. The van der Waals surface area contributed by atoms with Gasteiger partial charge in [-0.1, -0.05) is 55.5 Å². The Bertz CT molecular complexity index is 509. The third-order valence-electron chi connectivity index (χ3n) is 7.25. The first-order valence-electron chi connectivity index (χ1n) is 10.0. The first-order valence-corrected chi connectivity index (χ1v) is 10.0. The van der Waals surface area contributed by atoms with Crippen molar-refractivity contribution in [1.29, 1.82) is 0 Å². The number of fused-ring (bicyclic) bond motifs is 1. The summed E-state index contributed by atoms with van der Waals surface area (Å²) < 4.78 is 0. The van der Waals surface area contributed by atoms with E-state index in [0.29, 0.717) is 0 Å². The molecule has 1 aromatic rings. The van der Waals surface area contributed by atoms with Gasteiger partial charge in [0.05, 0.1) is 0 Å². The van der Waals surface area contributed by atoms with Gasteiger partial charge >= 0.3 is 0 Å². The fraction of sp³-hybridized carbons (Fsp3) is 0.727. The molecule has 0 radical (unpaired) electrons. The Morgan fingerprint density at radius 3 is 2.35 bits per heavy atom. The summed E-state index contributed by atoms with van der Waals surface area (Å²) in [5, 5.41) is 0. The third kappa shape index (κ3) is 3.50. The fourth-order valence-corrected chi connectivity index (χ4v) is 5.67. The average molecular weight is 312 g/mol. The number of benzene rings is 1. The van der Waals surface area contributed by atoms with Crippen LogP contribution < -0.4 is 0 Å². The zero-order valence-electron chi connectivity index (χ0n) is 14.9. The lowest BCUT2D eigenvalue weighted by Gasteiger charge is -2.50. The Morgan fingerprint density at radius 2 is 1.61 bits per heavy atom. The lowest BCUT2D eigenvalue weighted by molar-refractivity contribution is 0.00451. The molecule has 2 atom stereocenters. The standard InChI is InChI=1S/C22H33N/c1-18-6-8-19(9-7-18)17-23-14-12-22(13-15-23)11-10-20-4-2-3-5-21(20)16-22/h6-9,20-21H,2-5,10-17H2,1H3/t20-,21+/m0/s1. The number of hydrogen-bond acceptors (Lipinski definition) is 1. The van der Waals surface area contributed by atoms with Crippen molar-refractivity contribution in [2.24, 2.45) is 17.3 Å². The molecule has 0 aromatic heterocycles. The van der Waals surface area contributed by atoms with E-state index in [-0.39, 0.29) is 0 Å². The molecular formula is C22H33N. The summed E-state index contributed by atoms with van der Waals surface area (Å²) in [5.41, 5.74) is 3.58. The van der Waals surface area contributed by atoms with E-state index in [0.717, 1.165) is 23.8 Å². The van der Waals surface area contributed by atoms with E-state index in [9.17, 15) is 0 Å². The summed E-state index contributed by atoms with van der Waals surface area (Å²) in [4.78, 5) is 2.70. The molecule has 0 unspecified atom stereocenters. The minimum atomic E-state index is 0.724. The van der Waals surface area contributed by atoms with Crippen molar-refractivity contribution in [3.8, 4) is 0 Å². The average Bonchev–Trinajstić information content (AvgIpc) is 2.59. The normalized spacial score (nSPS) is 31.0. The first kappa shape index (κ1) is 15.7. The largest absolute Gasteiger partial charge is 0.299 e. The lowest BCUT2D eigenvalue weighted by atomic mass is 9.58. The molecular weight excluding hydrogens is 278 g/mol. The number of likely N-dealkylation sites (tertiary alicyclic amines) is 1. The quantitative estimate of drug-likeness (QED) is 0.690. The Kier molecular flexibility index (Phi) is 4.50. The van der Waals surface area contributed by atoms with Gasteiger partial charge in [-0.25, -0.2) is 0 Å². The van der Waals surface area contributed by atoms with Crippen LogP contribution in [0.15, 0.2) is 24.3 Å². The van der Waals surface area contributed by atoms with Crippen molar-refractivity contribution in [2.75, 3.05) is 13.1 Å². The maximum absolute atomic E-state index is 2.70. The van der Waals surface area contributed by atoms with Crippen LogP contribution in [-0.4, -0.2) is 18.0 Å². The highest BCUT2D eigenvalue weighted by molar-refractivity contribution is 5.21. The van der Waals surface area contributed by atoms with Gasteiger partial charge in [0, 0.05) is 6.54 Å². The first-order chi connectivity index (χ1) is 11.2. The molecule has 23 heavy (non-hydrogen) atoms. The second-order valence-electron chi connectivity index (χ2n) is 8.81. The van der Waals surface area contributed by atoms with E-state index >= 15 is 0 Å². The van der Waals surface area contributed by atoms with Crippen LogP contribution in [0.25, 0.3) is 0 Å². The summed E-state index contributed by atoms with van der Waals surface area (Å²) in [6.07, 6.45) is 13.7. The smallest absolute Gasteiger partial charge is 0.0233 e. The SMILES string of the molecule is Cc1ccc(CN2CCC3(CC[C@@H]4CCCC[C@@H]4C3)CC2)cc1. The molecule has 0 N–H and O–H groups in total. The zero-order chi connectivity index (χ0) is 15.7. The Morgan fingerprint density at radius 1 is 0.913 bits per heavy atom. The van der Waals surface area contributed by atoms with E-state index in [4.69, 9.17) is 0 Å². The van der Waals surface area contributed by atoms with Gasteiger partial charge in [0.2, 0.25) is 0 Å². The van der Waals surface area contributed by atoms with E-state index in [1.54, 1.807) is 25.7 Å². The van der Waals surface area contributed by atoms with Crippen LogP contribution in [0, 0.1) is 24.2 Å². The Labute approximate surface area is 142 Å². The van der Waals surface area contributed by atoms with Crippen molar-refractivity contribution in [3.05, 3.63) is 35.4 Å². The van der Waals surface area contributed by atoms with Gasteiger partial charge in [-0.15, -0.1) is 0 Å². The van der Waals surface area contributed by atoms with Crippen LogP contribution in [0.5, 0.6) is 0 Å². The van der Waals surface area contributed by atoms with Crippen molar-refractivity contribution < 1.29 is 0 Å². The molecule has 1 aliphatic heterocycles. The molecule has 1 heteroatoms. The maximum Gasteiger partial charge on any atom is 0.0233 e. The predicted octanol–water partition coefficient (Wildman–Crippen LogP) is 5.57. The summed E-state index contributed by atoms with van der Waals surface area (Å²) >= 11 is 0. The van der Waals surface area contributed by atoms with Crippen molar-refractivity contribution in [1.82, 2.24) is 4.90 Å². The summed E-state index contributed by atoms with van der Waals surface area (Å²) in [6, 6.07) is 9.14. The molecule has 2 aliphatic carbocycles. The number of hydrogen-bond donors (Lipinski definition) is 0. The topological polar surface area (TPSA) is 3.24 Å². The van der Waals surface area contributed by atoms with Crippen LogP contribution in [0.4, 0.5) is 0 Å². The number of nitrogens with zero attached hydrogens (tertiary/aromatic N) is 1. The molecule has 1 spiro atoms. The molecule has 1 nitrogen and oxygen atoms in total. The molecule has 4 rings (SSSR count). The van der Waals surface area contributed by atoms with E-state index in [1.807, 2.05) is 0 Å². The van der Waals surface area contributed by atoms with Gasteiger partial charge < -0.3 is 0 Å². The van der Waals surface area contributed by atoms with Crippen molar-refractivity contribution in [3.63, 3.8) is 0 Å². The monoisotopic (exact) mass is 311 g/mol. The minimum Gasteiger partial charge on any atom is -0.299 e. The molecule has 1 aromatic carbocycles. The molecule has 2 saturated carbocycles.